The Bertz CT molecular complexity index is 367. The molecule has 0 radical (unpaired) electrons. The first kappa shape index (κ1) is 13.2. The number of anilines is 1. The van der Waals surface area contributed by atoms with Crippen LogP contribution < -0.4 is 4.90 Å². The molecule has 0 aromatic carbocycles. The molecule has 17 heavy (non-hydrogen) atoms. The van der Waals surface area contributed by atoms with E-state index in [4.69, 9.17) is 9.72 Å². The molecule has 3 nitrogen and oxygen atoms in total. The third-order valence-corrected chi connectivity index (χ3v) is 4.91. The summed E-state index contributed by atoms with van der Waals surface area (Å²) in [6.07, 6.45) is 3.89. The van der Waals surface area contributed by atoms with Gasteiger partial charge >= 0.3 is 0 Å². The van der Waals surface area contributed by atoms with Gasteiger partial charge in [0.1, 0.15) is 0 Å². The van der Waals surface area contributed by atoms with Gasteiger partial charge in [0.25, 0.3) is 0 Å². The van der Waals surface area contributed by atoms with Gasteiger partial charge in [0.15, 0.2) is 5.13 Å². The van der Waals surface area contributed by atoms with Crippen molar-refractivity contribution < 1.29 is 4.74 Å². The Labute approximate surface area is 113 Å². The van der Waals surface area contributed by atoms with Gasteiger partial charge in [0, 0.05) is 30.3 Å². The van der Waals surface area contributed by atoms with Gasteiger partial charge in [-0.05, 0) is 26.2 Å². The molecule has 1 saturated heterocycles. The third kappa shape index (κ3) is 2.95. The largest absolute Gasteiger partial charge is 0.378 e. The van der Waals surface area contributed by atoms with Crippen molar-refractivity contribution in [1.29, 1.82) is 0 Å². The molecule has 0 amide bonds. The SMILES string of the molecule is COCc1nc(N2CCCCC2C)sc1CS. The molecule has 1 aromatic rings. The van der Waals surface area contributed by atoms with Gasteiger partial charge in [-0.25, -0.2) is 4.98 Å². The van der Waals surface area contributed by atoms with E-state index in [0.29, 0.717) is 12.6 Å². The maximum Gasteiger partial charge on any atom is 0.186 e. The summed E-state index contributed by atoms with van der Waals surface area (Å²) in [6.45, 7) is 4.01. The minimum Gasteiger partial charge on any atom is -0.378 e. The number of rotatable bonds is 4. The van der Waals surface area contributed by atoms with Crippen LogP contribution in [0.3, 0.4) is 0 Å². The Hall–Kier alpha value is -0.260. The van der Waals surface area contributed by atoms with E-state index in [-0.39, 0.29) is 0 Å². The molecule has 0 bridgehead atoms. The first-order valence-electron chi connectivity index (χ1n) is 6.11. The predicted molar refractivity (Wildman–Crippen MR) is 76.2 cm³/mol. The van der Waals surface area contributed by atoms with Crippen LogP contribution in [0.2, 0.25) is 0 Å². The van der Waals surface area contributed by atoms with Crippen molar-refractivity contribution in [2.24, 2.45) is 0 Å². The highest BCUT2D eigenvalue weighted by atomic mass is 32.1. The number of aromatic nitrogens is 1. The molecule has 1 aliphatic rings. The highest BCUT2D eigenvalue weighted by Gasteiger charge is 2.22. The Kier molecular flexibility index (Phi) is 4.70. The van der Waals surface area contributed by atoms with E-state index in [9.17, 15) is 0 Å². The van der Waals surface area contributed by atoms with Crippen LogP contribution in [0, 0.1) is 0 Å². The first-order valence-corrected chi connectivity index (χ1v) is 7.56. The summed E-state index contributed by atoms with van der Waals surface area (Å²) < 4.78 is 5.19. The Morgan fingerprint density at radius 1 is 1.53 bits per heavy atom. The van der Waals surface area contributed by atoms with E-state index >= 15 is 0 Å². The van der Waals surface area contributed by atoms with Gasteiger partial charge in [-0.3, -0.25) is 0 Å². The molecule has 1 aliphatic heterocycles. The molecule has 1 aromatic heterocycles. The van der Waals surface area contributed by atoms with E-state index in [0.717, 1.165) is 23.1 Å². The van der Waals surface area contributed by atoms with Crippen LogP contribution in [-0.4, -0.2) is 24.7 Å². The lowest BCUT2D eigenvalue weighted by Gasteiger charge is -2.33. The maximum absolute atomic E-state index is 5.19. The number of piperidine rings is 1. The van der Waals surface area contributed by atoms with Gasteiger partial charge in [0.2, 0.25) is 0 Å². The fourth-order valence-electron chi connectivity index (χ4n) is 2.25. The van der Waals surface area contributed by atoms with Crippen LogP contribution >= 0.6 is 24.0 Å². The zero-order valence-electron chi connectivity index (χ0n) is 10.5. The van der Waals surface area contributed by atoms with Gasteiger partial charge in [0.05, 0.1) is 12.3 Å². The van der Waals surface area contributed by atoms with Crippen molar-refractivity contribution in [2.75, 3.05) is 18.6 Å². The fourth-order valence-corrected chi connectivity index (χ4v) is 3.68. The molecule has 1 unspecified atom stereocenters. The van der Waals surface area contributed by atoms with Crippen molar-refractivity contribution >= 4 is 29.1 Å². The van der Waals surface area contributed by atoms with Gasteiger partial charge in [-0.15, -0.1) is 11.3 Å². The third-order valence-electron chi connectivity index (χ3n) is 3.24. The number of thiol groups is 1. The van der Waals surface area contributed by atoms with Crippen LogP contribution in [-0.2, 0) is 17.1 Å². The summed E-state index contributed by atoms with van der Waals surface area (Å²) in [4.78, 5) is 8.39. The topological polar surface area (TPSA) is 25.4 Å². The van der Waals surface area contributed by atoms with E-state index in [1.54, 1.807) is 18.4 Å². The lowest BCUT2D eigenvalue weighted by Crippen LogP contribution is -2.37. The average Bonchev–Trinajstić information content (AvgIpc) is 2.73. The minimum atomic E-state index is 0.592. The summed E-state index contributed by atoms with van der Waals surface area (Å²) in [5.41, 5.74) is 1.06. The molecule has 2 rings (SSSR count). The molecule has 96 valence electrons. The normalized spacial score (nSPS) is 20.9. The molecular formula is C12H20N2OS2. The summed E-state index contributed by atoms with van der Waals surface area (Å²) in [7, 11) is 1.71. The van der Waals surface area contributed by atoms with E-state index in [1.165, 1.54) is 24.1 Å². The van der Waals surface area contributed by atoms with E-state index in [1.807, 2.05) is 0 Å². The Morgan fingerprint density at radius 3 is 3.00 bits per heavy atom. The minimum absolute atomic E-state index is 0.592. The smallest absolute Gasteiger partial charge is 0.186 e. The van der Waals surface area contributed by atoms with Crippen LogP contribution in [0.15, 0.2) is 0 Å². The molecule has 0 saturated carbocycles. The summed E-state index contributed by atoms with van der Waals surface area (Å²) in [5.74, 6) is 0.749. The van der Waals surface area contributed by atoms with E-state index in [2.05, 4.69) is 24.5 Å². The van der Waals surface area contributed by atoms with Crippen molar-refractivity contribution in [3.05, 3.63) is 10.6 Å². The lowest BCUT2D eigenvalue weighted by atomic mass is 10.1. The second-order valence-corrected chi connectivity index (χ2v) is 5.87. The van der Waals surface area contributed by atoms with Crippen LogP contribution in [0.4, 0.5) is 5.13 Å². The molecule has 1 atom stereocenters. The zero-order valence-corrected chi connectivity index (χ0v) is 12.2. The number of ether oxygens (including phenoxy) is 1. The van der Waals surface area contributed by atoms with Gasteiger partial charge < -0.3 is 9.64 Å². The van der Waals surface area contributed by atoms with Crippen LogP contribution in [0.1, 0.15) is 36.8 Å². The van der Waals surface area contributed by atoms with Gasteiger partial charge in [-0.2, -0.15) is 12.6 Å². The highest BCUT2D eigenvalue weighted by molar-refractivity contribution is 7.79. The number of thiazole rings is 1. The molecular weight excluding hydrogens is 252 g/mol. The second kappa shape index (κ2) is 6.07. The molecule has 0 aliphatic carbocycles. The second-order valence-electron chi connectivity index (χ2n) is 4.50. The molecule has 5 heteroatoms. The number of hydrogen-bond donors (Lipinski definition) is 1. The standard InChI is InChI=1S/C12H20N2OS2/c1-9-5-3-4-6-14(9)12-13-10(7-15-2)11(8-16)17-12/h9,16H,3-8H2,1-2H3. The Balaban J connectivity index is 2.19. The summed E-state index contributed by atoms with van der Waals surface area (Å²) >= 11 is 6.14. The Morgan fingerprint density at radius 2 is 2.35 bits per heavy atom. The highest BCUT2D eigenvalue weighted by Crippen LogP contribution is 2.32. The fraction of sp³-hybridized carbons (Fsp3) is 0.750. The first-order chi connectivity index (χ1) is 8.26. The van der Waals surface area contributed by atoms with Crippen LogP contribution in [0.25, 0.3) is 0 Å². The van der Waals surface area contributed by atoms with Crippen molar-refractivity contribution in [3.8, 4) is 0 Å². The van der Waals surface area contributed by atoms with E-state index < -0.39 is 0 Å². The number of nitrogens with zero attached hydrogens (tertiary/aromatic N) is 2. The van der Waals surface area contributed by atoms with Gasteiger partial charge in [-0.1, -0.05) is 0 Å². The zero-order chi connectivity index (χ0) is 12.3. The number of hydrogen-bond acceptors (Lipinski definition) is 5. The number of methoxy groups -OCH3 is 1. The van der Waals surface area contributed by atoms with Crippen molar-refractivity contribution in [1.82, 2.24) is 4.98 Å². The monoisotopic (exact) mass is 272 g/mol. The molecule has 1 fully saturated rings. The van der Waals surface area contributed by atoms with Crippen molar-refractivity contribution in [3.63, 3.8) is 0 Å². The average molecular weight is 272 g/mol. The molecule has 0 spiro atoms. The molecule has 0 N–H and O–H groups in total. The summed E-state index contributed by atoms with van der Waals surface area (Å²) in [5, 5.41) is 1.15. The summed E-state index contributed by atoms with van der Waals surface area (Å²) in [6, 6.07) is 0.609. The maximum atomic E-state index is 5.19. The molecule has 2 heterocycles. The quantitative estimate of drug-likeness (QED) is 0.853. The van der Waals surface area contributed by atoms with Crippen LogP contribution in [0.5, 0.6) is 0 Å². The lowest BCUT2D eigenvalue weighted by molar-refractivity contribution is 0.181. The predicted octanol–water partition coefficient (Wildman–Crippen LogP) is 3.10. The van der Waals surface area contributed by atoms with Crippen molar-refractivity contribution in [2.45, 2.75) is 44.6 Å².